The molecule has 0 spiro atoms. The zero-order valence-corrected chi connectivity index (χ0v) is 17.4. The minimum atomic E-state index is -0.669. The Hall–Kier alpha value is -1.43. The molecule has 0 saturated carbocycles. The molecule has 3 atom stereocenters. The van der Waals surface area contributed by atoms with Crippen LogP contribution in [0.25, 0.3) is 0 Å². The molecule has 5 heteroatoms. The summed E-state index contributed by atoms with van der Waals surface area (Å²) in [4.78, 5) is 11.1. The van der Waals surface area contributed by atoms with E-state index in [2.05, 4.69) is 12.7 Å². The molecule has 5 nitrogen and oxygen atoms in total. The molecule has 0 amide bonds. The Morgan fingerprint density at radius 1 is 1.15 bits per heavy atom. The van der Waals surface area contributed by atoms with E-state index in [0.717, 1.165) is 43.3 Å². The number of rotatable bonds is 14. The number of aliphatic hydroxyl groups excluding tert-OH is 3. The van der Waals surface area contributed by atoms with E-state index < -0.39 is 12.2 Å². The van der Waals surface area contributed by atoms with E-state index >= 15 is 0 Å². The molecule has 0 radical (unpaired) electrons. The quantitative estimate of drug-likeness (QED) is 0.315. The largest absolute Gasteiger partial charge is 0.461 e. The molecular formula is C22H38O5. The third-order valence-electron chi connectivity index (χ3n) is 4.72. The molecule has 0 aromatic carbocycles. The second kappa shape index (κ2) is 14.6. The van der Waals surface area contributed by atoms with Crippen LogP contribution in [0.3, 0.4) is 0 Å². The van der Waals surface area contributed by atoms with Crippen LogP contribution in [0.2, 0.25) is 0 Å². The van der Waals surface area contributed by atoms with Crippen molar-refractivity contribution in [2.75, 3.05) is 13.2 Å². The van der Waals surface area contributed by atoms with Gasteiger partial charge in [0.1, 0.15) is 6.61 Å². The van der Waals surface area contributed by atoms with Crippen LogP contribution in [0.15, 0.2) is 35.5 Å². The van der Waals surface area contributed by atoms with Crippen LogP contribution < -0.4 is 0 Å². The number of carbonyl (C=O) groups excluding carboxylic acids is 1. The molecule has 0 aliphatic carbocycles. The van der Waals surface area contributed by atoms with E-state index in [4.69, 9.17) is 9.84 Å². The molecule has 0 aliphatic rings. The number of carbonyl (C=O) groups is 1. The number of esters is 1. The van der Waals surface area contributed by atoms with Gasteiger partial charge >= 0.3 is 5.97 Å². The Morgan fingerprint density at radius 2 is 1.81 bits per heavy atom. The minimum Gasteiger partial charge on any atom is -0.461 e. The predicted octanol–water partition coefficient (Wildman–Crippen LogP) is 3.69. The van der Waals surface area contributed by atoms with Gasteiger partial charge in [-0.15, -0.1) is 0 Å². The van der Waals surface area contributed by atoms with Crippen LogP contribution in [-0.4, -0.2) is 46.7 Å². The van der Waals surface area contributed by atoms with Gasteiger partial charge in [0.15, 0.2) is 0 Å². The number of aliphatic hydroxyl groups is 3. The smallest absolute Gasteiger partial charge is 0.302 e. The van der Waals surface area contributed by atoms with Gasteiger partial charge in [0.2, 0.25) is 0 Å². The first-order valence-corrected chi connectivity index (χ1v) is 9.76. The maximum Gasteiger partial charge on any atom is 0.302 e. The molecule has 0 heterocycles. The van der Waals surface area contributed by atoms with Crippen molar-refractivity contribution < 1.29 is 24.9 Å². The molecule has 0 bridgehead atoms. The lowest BCUT2D eigenvalue weighted by atomic mass is 9.91. The van der Waals surface area contributed by atoms with Gasteiger partial charge in [-0.3, -0.25) is 4.79 Å². The van der Waals surface area contributed by atoms with Crippen LogP contribution >= 0.6 is 0 Å². The Bertz CT molecular complexity index is 507. The summed E-state index contributed by atoms with van der Waals surface area (Å²) in [6.45, 7) is 11.2. The maximum atomic E-state index is 11.1. The van der Waals surface area contributed by atoms with Gasteiger partial charge in [-0.05, 0) is 57.4 Å². The van der Waals surface area contributed by atoms with Crippen LogP contribution in [0.1, 0.15) is 66.2 Å². The first kappa shape index (κ1) is 25.6. The van der Waals surface area contributed by atoms with Gasteiger partial charge < -0.3 is 20.1 Å². The van der Waals surface area contributed by atoms with Gasteiger partial charge in [-0.1, -0.05) is 36.8 Å². The number of ether oxygens (including phenoxy) is 1. The van der Waals surface area contributed by atoms with Crippen molar-refractivity contribution in [1.29, 1.82) is 0 Å². The van der Waals surface area contributed by atoms with Gasteiger partial charge in [0.25, 0.3) is 0 Å². The van der Waals surface area contributed by atoms with E-state index in [1.54, 1.807) is 13.0 Å². The molecular weight excluding hydrogens is 344 g/mol. The number of hydrogen-bond acceptors (Lipinski definition) is 5. The molecule has 0 saturated heterocycles. The summed E-state index contributed by atoms with van der Waals surface area (Å²) >= 11 is 0. The molecule has 0 fully saturated rings. The van der Waals surface area contributed by atoms with Crippen molar-refractivity contribution in [3.8, 4) is 0 Å². The van der Waals surface area contributed by atoms with E-state index in [1.807, 2.05) is 13.8 Å². The topological polar surface area (TPSA) is 87.0 Å². The highest BCUT2D eigenvalue weighted by molar-refractivity contribution is 5.66. The molecule has 27 heavy (non-hydrogen) atoms. The summed E-state index contributed by atoms with van der Waals surface area (Å²) in [6.07, 6.45) is 7.16. The Balaban J connectivity index is 4.50. The zero-order chi connectivity index (χ0) is 20.8. The van der Waals surface area contributed by atoms with Crippen LogP contribution in [0, 0.1) is 5.92 Å². The van der Waals surface area contributed by atoms with Gasteiger partial charge in [0, 0.05) is 13.3 Å². The van der Waals surface area contributed by atoms with Crippen LogP contribution in [0.4, 0.5) is 0 Å². The molecule has 0 rings (SSSR count). The van der Waals surface area contributed by atoms with Crippen molar-refractivity contribution in [2.45, 2.75) is 78.4 Å². The third-order valence-corrected chi connectivity index (χ3v) is 4.72. The second-order valence-corrected chi connectivity index (χ2v) is 7.45. The van der Waals surface area contributed by atoms with Gasteiger partial charge in [-0.25, -0.2) is 0 Å². The van der Waals surface area contributed by atoms with E-state index in [9.17, 15) is 15.0 Å². The van der Waals surface area contributed by atoms with Crippen LogP contribution in [-0.2, 0) is 9.53 Å². The van der Waals surface area contributed by atoms with E-state index in [-0.39, 0.29) is 18.5 Å². The van der Waals surface area contributed by atoms with Crippen molar-refractivity contribution in [3.63, 3.8) is 0 Å². The van der Waals surface area contributed by atoms with E-state index in [0.29, 0.717) is 18.6 Å². The minimum absolute atomic E-state index is 0.0517. The lowest BCUT2D eigenvalue weighted by Crippen LogP contribution is -2.24. The summed E-state index contributed by atoms with van der Waals surface area (Å²) in [5.41, 5.74) is 2.87. The lowest BCUT2D eigenvalue weighted by molar-refractivity contribution is -0.140. The standard InChI is InChI=1S/C22H38O5/c1-16(2)21(25)14-22(26)18(4)9-7-11-20(15-27-19(5)24)10-6-8-17(3)12-13-23/h10,12,18,21-23,25-26H,1,6-9,11,13-15H2,2-5H3. The SMILES string of the molecule is C=C(C)C(O)CC(O)C(C)CCCC(=CCCC(C)=CCO)COC(C)=O. The maximum absolute atomic E-state index is 11.1. The average Bonchev–Trinajstić information content (AvgIpc) is 2.58. The Morgan fingerprint density at radius 3 is 2.37 bits per heavy atom. The van der Waals surface area contributed by atoms with E-state index in [1.165, 1.54) is 6.92 Å². The van der Waals surface area contributed by atoms with Crippen molar-refractivity contribution in [3.05, 3.63) is 35.5 Å². The number of allylic oxidation sites excluding steroid dienone is 2. The fourth-order valence-electron chi connectivity index (χ4n) is 2.70. The summed E-state index contributed by atoms with van der Waals surface area (Å²) < 4.78 is 5.14. The first-order valence-electron chi connectivity index (χ1n) is 9.76. The number of hydrogen-bond donors (Lipinski definition) is 3. The molecule has 0 aliphatic heterocycles. The van der Waals surface area contributed by atoms with Crippen molar-refractivity contribution in [2.24, 2.45) is 5.92 Å². The highest BCUT2D eigenvalue weighted by atomic mass is 16.5. The summed E-state index contributed by atoms with van der Waals surface area (Å²) in [5.74, 6) is -0.224. The van der Waals surface area contributed by atoms with Gasteiger partial charge in [0.05, 0.1) is 18.8 Å². The molecule has 0 aromatic heterocycles. The Labute approximate surface area is 164 Å². The van der Waals surface area contributed by atoms with Crippen molar-refractivity contribution in [1.82, 2.24) is 0 Å². The third kappa shape index (κ3) is 13.4. The first-order chi connectivity index (χ1) is 12.7. The lowest BCUT2D eigenvalue weighted by Gasteiger charge is -2.22. The molecule has 3 N–H and O–H groups in total. The molecule has 156 valence electrons. The van der Waals surface area contributed by atoms with Gasteiger partial charge in [-0.2, -0.15) is 0 Å². The monoisotopic (exact) mass is 382 g/mol. The fraction of sp³-hybridized carbons (Fsp3) is 0.682. The predicted molar refractivity (Wildman–Crippen MR) is 109 cm³/mol. The summed E-state index contributed by atoms with van der Waals surface area (Å²) in [6, 6.07) is 0. The van der Waals surface area contributed by atoms with Crippen LogP contribution in [0.5, 0.6) is 0 Å². The summed E-state index contributed by atoms with van der Waals surface area (Å²) in [7, 11) is 0. The highest BCUT2D eigenvalue weighted by Crippen LogP contribution is 2.20. The molecule has 3 unspecified atom stereocenters. The highest BCUT2D eigenvalue weighted by Gasteiger charge is 2.18. The second-order valence-electron chi connectivity index (χ2n) is 7.45. The Kier molecular flexibility index (Phi) is 13.8. The molecule has 0 aromatic rings. The van der Waals surface area contributed by atoms with Crippen molar-refractivity contribution >= 4 is 5.97 Å². The summed E-state index contributed by atoms with van der Waals surface area (Å²) in [5, 5.41) is 28.9. The zero-order valence-electron chi connectivity index (χ0n) is 17.4. The average molecular weight is 383 g/mol. The fourth-order valence-corrected chi connectivity index (χ4v) is 2.70. The normalized spacial score (nSPS) is 16.0.